The molecule has 19 heavy (non-hydrogen) atoms. The normalized spacial score (nSPS) is 11.2. The molecule has 0 radical (unpaired) electrons. The summed E-state index contributed by atoms with van der Waals surface area (Å²) in [5.74, 6) is 0. The van der Waals surface area contributed by atoms with Crippen molar-refractivity contribution in [3.8, 4) is 0 Å². The Morgan fingerprint density at radius 1 is 1.42 bits per heavy atom. The summed E-state index contributed by atoms with van der Waals surface area (Å²) in [5, 5.41) is 20.0. The molecule has 0 fully saturated rings. The molecule has 6 nitrogen and oxygen atoms in total. The molecule has 0 unspecified atom stereocenters. The van der Waals surface area contributed by atoms with Crippen molar-refractivity contribution in [3.05, 3.63) is 33.9 Å². The van der Waals surface area contributed by atoms with Gasteiger partial charge in [0, 0.05) is 26.8 Å². The van der Waals surface area contributed by atoms with Gasteiger partial charge in [-0.2, -0.15) is 0 Å². The lowest BCUT2D eigenvalue weighted by atomic mass is 10.2. The van der Waals surface area contributed by atoms with E-state index in [2.05, 4.69) is 19.6 Å². The summed E-state index contributed by atoms with van der Waals surface area (Å²) in [6, 6.07) is 5.28. The highest BCUT2D eigenvalue weighted by Gasteiger charge is 2.23. The molecule has 0 saturated carbocycles. The predicted octanol–water partition coefficient (Wildman–Crippen LogP) is 3.13. The molecule has 0 saturated heterocycles. The van der Waals surface area contributed by atoms with Gasteiger partial charge in [0.2, 0.25) is 0 Å². The largest absolute Gasteiger partial charge is 0.465 e. The van der Waals surface area contributed by atoms with Crippen LogP contribution in [0.5, 0.6) is 0 Å². The van der Waals surface area contributed by atoms with Gasteiger partial charge in [0.1, 0.15) is 0 Å². The van der Waals surface area contributed by atoms with E-state index in [0.29, 0.717) is 17.3 Å². The van der Waals surface area contributed by atoms with Crippen LogP contribution in [0.1, 0.15) is 5.56 Å². The highest BCUT2D eigenvalue weighted by molar-refractivity contribution is 6.75. The first kappa shape index (κ1) is 15.2. The summed E-state index contributed by atoms with van der Waals surface area (Å²) in [7, 11) is -0.115. The number of carbonyl (C=O) groups is 1. The van der Waals surface area contributed by atoms with Gasteiger partial charge in [-0.05, 0) is 12.1 Å². The number of carboxylic acid groups (broad SMARTS) is 1. The average Bonchev–Trinajstić information content (AvgIpc) is 2.26. The van der Waals surface area contributed by atoms with E-state index in [1.165, 1.54) is 13.1 Å². The monoisotopic (exact) mass is 282 g/mol. The van der Waals surface area contributed by atoms with E-state index in [1.807, 2.05) is 0 Å². The van der Waals surface area contributed by atoms with Crippen molar-refractivity contribution < 1.29 is 14.8 Å². The first-order valence-electron chi connectivity index (χ1n) is 5.86. The number of nitro groups is 1. The fraction of sp³-hybridized carbons (Fsp3) is 0.417. The van der Waals surface area contributed by atoms with Crippen LogP contribution in [-0.4, -0.2) is 31.2 Å². The van der Waals surface area contributed by atoms with Gasteiger partial charge in [-0.15, -0.1) is 0 Å². The molecule has 104 valence electrons. The second kappa shape index (κ2) is 5.39. The molecule has 1 N–H and O–H groups in total. The zero-order valence-corrected chi connectivity index (χ0v) is 12.5. The molecule has 0 spiro atoms. The number of hydrogen-bond donors (Lipinski definition) is 1. The fourth-order valence-electron chi connectivity index (χ4n) is 1.76. The number of amides is 1. The molecule has 7 heteroatoms. The van der Waals surface area contributed by atoms with Gasteiger partial charge in [0.15, 0.2) is 0 Å². The third-order valence-electron chi connectivity index (χ3n) is 2.66. The van der Waals surface area contributed by atoms with E-state index in [0.717, 1.165) is 4.90 Å². The molecule has 1 rings (SSSR count). The van der Waals surface area contributed by atoms with Crippen LogP contribution in [0, 0.1) is 10.1 Å². The third-order valence-corrected chi connectivity index (χ3v) is 4.10. The van der Waals surface area contributed by atoms with E-state index < -0.39 is 19.1 Å². The Morgan fingerprint density at radius 3 is 2.42 bits per heavy atom. The minimum absolute atomic E-state index is 0.00646. The lowest BCUT2D eigenvalue weighted by Gasteiger charge is -2.17. The van der Waals surface area contributed by atoms with Crippen molar-refractivity contribution in [3.63, 3.8) is 0 Å². The first-order valence-corrected chi connectivity index (χ1v) is 9.56. The van der Waals surface area contributed by atoms with Crippen LogP contribution in [0.2, 0.25) is 19.6 Å². The van der Waals surface area contributed by atoms with Crippen molar-refractivity contribution in [2.45, 2.75) is 25.7 Å². The van der Waals surface area contributed by atoms with Gasteiger partial charge in [0.25, 0.3) is 5.69 Å². The van der Waals surface area contributed by atoms with Gasteiger partial charge < -0.3 is 5.11 Å². The lowest BCUT2D eigenvalue weighted by molar-refractivity contribution is -0.385. The maximum atomic E-state index is 11.1. The van der Waals surface area contributed by atoms with Gasteiger partial charge in [-0.25, -0.2) is 4.79 Å². The molecular weight excluding hydrogens is 264 g/mol. The molecule has 0 aliphatic carbocycles. The standard InChI is InChI=1S/C12H18N2O4Si/c1-13(12(15)16)10-6-5-9(8-19(2,3)4)11(7-10)14(17)18/h5-7H,8H2,1-4H3,(H,15,16). The van der Waals surface area contributed by atoms with Gasteiger partial charge >= 0.3 is 6.09 Å². The number of benzene rings is 1. The predicted molar refractivity (Wildman–Crippen MR) is 76.6 cm³/mol. The summed E-state index contributed by atoms with van der Waals surface area (Å²) in [6.45, 7) is 6.40. The number of hydrogen-bond acceptors (Lipinski definition) is 3. The second-order valence-electron chi connectivity index (χ2n) is 5.65. The Hall–Kier alpha value is -1.89. The molecule has 1 amide bonds. The van der Waals surface area contributed by atoms with E-state index in [1.54, 1.807) is 12.1 Å². The summed E-state index contributed by atoms with van der Waals surface area (Å²) in [4.78, 5) is 22.5. The Morgan fingerprint density at radius 2 is 2.00 bits per heavy atom. The van der Waals surface area contributed by atoms with Crippen molar-refractivity contribution in [1.29, 1.82) is 0 Å². The molecular formula is C12H18N2O4Si. The van der Waals surface area contributed by atoms with E-state index in [-0.39, 0.29) is 5.69 Å². The van der Waals surface area contributed by atoms with Crippen LogP contribution in [0.15, 0.2) is 18.2 Å². The van der Waals surface area contributed by atoms with Crippen LogP contribution in [-0.2, 0) is 6.04 Å². The molecule has 1 aromatic rings. The quantitative estimate of drug-likeness (QED) is 0.522. The Balaban J connectivity index is 3.22. The molecule has 0 aliphatic rings. The second-order valence-corrected chi connectivity index (χ2v) is 11.1. The SMILES string of the molecule is CN(C(=O)O)c1ccc(C[Si](C)(C)C)c([N+](=O)[O-])c1. The molecule has 0 heterocycles. The molecule has 0 atom stereocenters. The van der Waals surface area contributed by atoms with Crippen LogP contribution in [0.25, 0.3) is 0 Å². The van der Waals surface area contributed by atoms with Gasteiger partial charge in [0.05, 0.1) is 10.6 Å². The van der Waals surface area contributed by atoms with E-state index >= 15 is 0 Å². The number of nitrogens with zero attached hydrogens (tertiary/aromatic N) is 2. The van der Waals surface area contributed by atoms with Crippen LogP contribution >= 0.6 is 0 Å². The summed E-state index contributed by atoms with van der Waals surface area (Å²) in [5.41, 5.74) is 0.971. The average molecular weight is 282 g/mol. The fourth-order valence-corrected chi connectivity index (χ4v) is 3.20. The van der Waals surface area contributed by atoms with Gasteiger partial charge in [-0.1, -0.05) is 25.7 Å². The first-order chi connectivity index (χ1) is 8.61. The van der Waals surface area contributed by atoms with Crippen LogP contribution in [0.4, 0.5) is 16.2 Å². The van der Waals surface area contributed by atoms with Crippen LogP contribution in [0.3, 0.4) is 0 Å². The van der Waals surface area contributed by atoms with Crippen molar-refractivity contribution in [2.75, 3.05) is 11.9 Å². The number of anilines is 1. The van der Waals surface area contributed by atoms with Crippen molar-refractivity contribution >= 4 is 25.5 Å². The smallest absolute Gasteiger partial charge is 0.411 e. The molecule has 0 aromatic heterocycles. The third kappa shape index (κ3) is 4.06. The molecule has 1 aromatic carbocycles. The highest BCUT2D eigenvalue weighted by Crippen LogP contribution is 2.27. The van der Waals surface area contributed by atoms with Crippen molar-refractivity contribution in [1.82, 2.24) is 0 Å². The topological polar surface area (TPSA) is 83.7 Å². The summed E-state index contributed by atoms with van der Waals surface area (Å²) < 4.78 is 0. The summed E-state index contributed by atoms with van der Waals surface area (Å²) >= 11 is 0. The number of rotatable bonds is 4. The zero-order valence-electron chi connectivity index (χ0n) is 11.5. The minimum atomic E-state index is -1.48. The zero-order chi connectivity index (χ0) is 14.8. The van der Waals surface area contributed by atoms with Gasteiger partial charge in [-0.3, -0.25) is 15.0 Å². The number of nitro benzene ring substituents is 1. The summed E-state index contributed by atoms with van der Waals surface area (Å²) in [6.07, 6.45) is -1.15. The van der Waals surface area contributed by atoms with E-state index in [4.69, 9.17) is 5.11 Å². The molecule has 0 bridgehead atoms. The van der Waals surface area contributed by atoms with E-state index in [9.17, 15) is 14.9 Å². The Labute approximate surface area is 112 Å². The molecule has 0 aliphatic heterocycles. The maximum Gasteiger partial charge on any atom is 0.411 e. The lowest BCUT2D eigenvalue weighted by Crippen LogP contribution is -2.25. The minimum Gasteiger partial charge on any atom is -0.465 e. The highest BCUT2D eigenvalue weighted by atomic mass is 28.3. The van der Waals surface area contributed by atoms with Crippen molar-refractivity contribution in [2.24, 2.45) is 0 Å². The Bertz CT molecular complexity index is 511. The van der Waals surface area contributed by atoms with Crippen LogP contribution < -0.4 is 4.90 Å². The maximum absolute atomic E-state index is 11.1. The Kier molecular flexibility index (Phi) is 4.30.